The summed E-state index contributed by atoms with van der Waals surface area (Å²) in [5.74, 6) is 0.454. The van der Waals surface area contributed by atoms with Crippen LogP contribution in [0.25, 0.3) is 0 Å². The predicted octanol–water partition coefficient (Wildman–Crippen LogP) is 2.44. The molecular formula is C18H25N3O2. The Bertz CT molecular complexity index is 581. The van der Waals surface area contributed by atoms with E-state index >= 15 is 0 Å². The van der Waals surface area contributed by atoms with Crippen LogP contribution in [-0.2, 0) is 0 Å². The van der Waals surface area contributed by atoms with Crippen LogP contribution >= 0.6 is 0 Å². The SMILES string of the molecule is CNC(=O)N1CCCC(c2cccc(C(=O)N3CCCC3)c2)C1. The second-order valence-electron chi connectivity index (χ2n) is 6.47. The lowest BCUT2D eigenvalue weighted by molar-refractivity contribution is 0.0792. The number of likely N-dealkylation sites (tertiary alicyclic amines) is 2. The Kier molecular flexibility index (Phi) is 4.84. The summed E-state index contributed by atoms with van der Waals surface area (Å²) < 4.78 is 0. The molecule has 0 aliphatic carbocycles. The molecule has 1 atom stereocenters. The number of carbonyl (C=O) groups excluding carboxylic acids is 2. The van der Waals surface area contributed by atoms with Crippen molar-refractivity contribution in [3.63, 3.8) is 0 Å². The van der Waals surface area contributed by atoms with Crippen molar-refractivity contribution in [1.29, 1.82) is 0 Å². The first kappa shape index (κ1) is 15.8. The van der Waals surface area contributed by atoms with Crippen molar-refractivity contribution < 1.29 is 9.59 Å². The molecule has 0 saturated carbocycles. The second kappa shape index (κ2) is 7.02. The Balaban J connectivity index is 1.74. The summed E-state index contributed by atoms with van der Waals surface area (Å²) in [6.07, 6.45) is 4.28. The zero-order valence-corrected chi connectivity index (χ0v) is 13.8. The normalized spacial score (nSPS) is 21.3. The smallest absolute Gasteiger partial charge is 0.317 e. The number of hydrogen-bond donors (Lipinski definition) is 1. The van der Waals surface area contributed by atoms with Crippen molar-refractivity contribution in [2.45, 2.75) is 31.6 Å². The topological polar surface area (TPSA) is 52.7 Å². The number of piperidine rings is 1. The minimum atomic E-state index is -0.0148. The van der Waals surface area contributed by atoms with E-state index in [-0.39, 0.29) is 11.9 Å². The molecule has 23 heavy (non-hydrogen) atoms. The number of nitrogens with zero attached hydrogens (tertiary/aromatic N) is 2. The van der Waals surface area contributed by atoms with Gasteiger partial charge in [-0.1, -0.05) is 12.1 Å². The molecule has 1 unspecified atom stereocenters. The van der Waals surface area contributed by atoms with Crippen LogP contribution in [0.5, 0.6) is 0 Å². The minimum Gasteiger partial charge on any atom is -0.341 e. The molecule has 1 aromatic carbocycles. The molecular weight excluding hydrogens is 290 g/mol. The zero-order chi connectivity index (χ0) is 16.2. The van der Waals surface area contributed by atoms with Crippen molar-refractivity contribution in [2.75, 3.05) is 33.2 Å². The number of amides is 3. The van der Waals surface area contributed by atoms with Gasteiger partial charge >= 0.3 is 6.03 Å². The number of carbonyl (C=O) groups is 2. The molecule has 3 rings (SSSR count). The lowest BCUT2D eigenvalue weighted by Crippen LogP contribution is -2.43. The van der Waals surface area contributed by atoms with E-state index in [0.29, 0.717) is 5.92 Å². The van der Waals surface area contributed by atoms with Crippen molar-refractivity contribution in [2.24, 2.45) is 0 Å². The first-order chi connectivity index (χ1) is 11.2. The van der Waals surface area contributed by atoms with Crippen LogP contribution in [0.3, 0.4) is 0 Å². The van der Waals surface area contributed by atoms with Gasteiger partial charge in [-0.15, -0.1) is 0 Å². The Labute approximate surface area is 137 Å². The monoisotopic (exact) mass is 315 g/mol. The van der Waals surface area contributed by atoms with Crippen molar-refractivity contribution in [1.82, 2.24) is 15.1 Å². The first-order valence-corrected chi connectivity index (χ1v) is 8.55. The highest BCUT2D eigenvalue weighted by atomic mass is 16.2. The maximum atomic E-state index is 12.6. The molecule has 2 heterocycles. The van der Waals surface area contributed by atoms with Crippen LogP contribution in [0.2, 0.25) is 0 Å². The van der Waals surface area contributed by atoms with Gasteiger partial charge in [0.05, 0.1) is 0 Å². The van der Waals surface area contributed by atoms with E-state index < -0.39 is 0 Å². The molecule has 5 nitrogen and oxygen atoms in total. The maximum Gasteiger partial charge on any atom is 0.317 e. The summed E-state index contributed by atoms with van der Waals surface area (Å²) in [6.45, 7) is 3.28. The summed E-state index contributed by atoms with van der Waals surface area (Å²) in [5.41, 5.74) is 1.95. The Morgan fingerprint density at radius 2 is 1.83 bits per heavy atom. The second-order valence-corrected chi connectivity index (χ2v) is 6.47. The van der Waals surface area contributed by atoms with E-state index in [9.17, 15) is 9.59 Å². The summed E-state index contributed by atoms with van der Waals surface area (Å²) in [4.78, 5) is 28.2. The highest BCUT2D eigenvalue weighted by Gasteiger charge is 2.25. The molecule has 5 heteroatoms. The van der Waals surface area contributed by atoms with Gasteiger partial charge in [0.15, 0.2) is 0 Å². The van der Waals surface area contributed by atoms with E-state index in [1.807, 2.05) is 28.0 Å². The van der Waals surface area contributed by atoms with Crippen LogP contribution in [0.15, 0.2) is 24.3 Å². The third-order valence-corrected chi connectivity index (χ3v) is 4.92. The van der Waals surface area contributed by atoms with Gasteiger partial charge in [-0.3, -0.25) is 4.79 Å². The van der Waals surface area contributed by atoms with Crippen molar-refractivity contribution in [3.8, 4) is 0 Å². The number of hydrogen-bond acceptors (Lipinski definition) is 2. The molecule has 1 N–H and O–H groups in total. The predicted molar refractivity (Wildman–Crippen MR) is 89.6 cm³/mol. The van der Waals surface area contributed by atoms with Crippen molar-refractivity contribution >= 4 is 11.9 Å². The van der Waals surface area contributed by atoms with Crippen LogP contribution < -0.4 is 5.32 Å². The van der Waals surface area contributed by atoms with Gasteiger partial charge in [-0.2, -0.15) is 0 Å². The highest BCUT2D eigenvalue weighted by molar-refractivity contribution is 5.94. The molecule has 2 aliphatic rings. The minimum absolute atomic E-state index is 0.0148. The van der Waals surface area contributed by atoms with Gasteiger partial charge in [0, 0.05) is 44.7 Å². The van der Waals surface area contributed by atoms with E-state index in [2.05, 4.69) is 11.4 Å². The Morgan fingerprint density at radius 3 is 2.57 bits per heavy atom. The summed E-state index contributed by atoms with van der Waals surface area (Å²) >= 11 is 0. The number of rotatable bonds is 2. The molecule has 2 aliphatic heterocycles. The van der Waals surface area contributed by atoms with Gasteiger partial charge in [-0.05, 0) is 43.4 Å². The molecule has 0 bridgehead atoms. The van der Waals surface area contributed by atoms with Gasteiger partial charge < -0.3 is 15.1 Å². The summed E-state index contributed by atoms with van der Waals surface area (Å²) in [5, 5.41) is 2.70. The van der Waals surface area contributed by atoms with Gasteiger partial charge in [-0.25, -0.2) is 4.79 Å². The van der Waals surface area contributed by atoms with E-state index in [0.717, 1.165) is 57.4 Å². The fourth-order valence-corrected chi connectivity index (χ4v) is 3.62. The fourth-order valence-electron chi connectivity index (χ4n) is 3.62. The molecule has 1 aromatic rings. The highest BCUT2D eigenvalue weighted by Crippen LogP contribution is 2.28. The number of nitrogens with one attached hydrogen (secondary N) is 1. The van der Waals surface area contributed by atoms with E-state index in [1.54, 1.807) is 7.05 Å². The third-order valence-electron chi connectivity index (χ3n) is 4.92. The lowest BCUT2D eigenvalue weighted by Gasteiger charge is -2.32. The third kappa shape index (κ3) is 3.49. The average molecular weight is 315 g/mol. The first-order valence-electron chi connectivity index (χ1n) is 8.55. The largest absolute Gasteiger partial charge is 0.341 e. The Hall–Kier alpha value is -2.04. The summed E-state index contributed by atoms with van der Waals surface area (Å²) in [7, 11) is 1.67. The van der Waals surface area contributed by atoms with Crippen LogP contribution in [0, 0.1) is 0 Å². The standard InChI is InChI=1S/C18H25N3O2/c1-19-18(23)21-11-5-8-16(13-21)14-6-4-7-15(12-14)17(22)20-9-2-3-10-20/h4,6-7,12,16H,2-3,5,8-11,13H2,1H3,(H,19,23). The van der Waals surface area contributed by atoms with Gasteiger partial charge in [0.1, 0.15) is 0 Å². The van der Waals surface area contributed by atoms with Crippen molar-refractivity contribution in [3.05, 3.63) is 35.4 Å². The lowest BCUT2D eigenvalue weighted by atomic mass is 9.89. The molecule has 0 radical (unpaired) electrons. The molecule has 2 saturated heterocycles. The molecule has 2 fully saturated rings. The van der Waals surface area contributed by atoms with E-state index in [1.165, 1.54) is 5.56 Å². The molecule has 124 valence electrons. The number of benzene rings is 1. The van der Waals surface area contributed by atoms with Crippen LogP contribution in [0.1, 0.15) is 47.5 Å². The summed E-state index contributed by atoms with van der Waals surface area (Å²) in [6, 6.07) is 7.97. The number of urea groups is 1. The quantitative estimate of drug-likeness (QED) is 0.911. The average Bonchev–Trinajstić information content (AvgIpc) is 3.15. The van der Waals surface area contributed by atoms with Crippen LogP contribution in [0.4, 0.5) is 4.79 Å². The molecule has 3 amide bonds. The Morgan fingerprint density at radius 1 is 1.09 bits per heavy atom. The molecule has 0 spiro atoms. The maximum absolute atomic E-state index is 12.6. The van der Waals surface area contributed by atoms with Gasteiger partial charge in [0.25, 0.3) is 5.91 Å². The van der Waals surface area contributed by atoms with Crippen LogP contribution in [-0.4, -0.2) is 55.0 Å². The van der Waals surface area contributed by atoms with E-state index in [4.69, 9.17) is 0 Å². The molecule has 0 aromatic heterocycles. The van der Waals surface area contributed by atoms with Gasteiger partial charge in [0.2, 0.25) is 0 Å². The zero-order valence-electron chi connectivity index (χ0n) is 13.8. The fraction of sp³-hybridized carbons (Fsp3) is 0.556.